The molecule has 5 rings (SSSR count). The molecule has 1 aromatic carbocycles. The zero-order chi connectivity index (χ0) is 15.9. The van der Waals surface area contributed by atoms with Crippen molar-refractivity contribution < 1.29 is 0 Å². The average Bonchev–Trinajstić information content (AvgIpc) is 3.35. The Morgan fingerprint density at radius 3 is 3.08 bits per heavy atom. The van der Waals surface area contributed by atoms with Crippen molar-refractivity contribution in [3.05, 3.63) is 70.4 Å². The lowest BCUT2D eigenvalue weighted by molar-refractivity contribution is 0.695. The van der Waals surface area contributed by atoms with Crippen molar-refractivity contribution >= 4 is 11.3 Å². The van der Waals surface area contributed by atoms with E-state index in [4.69, 9.17) is 0 Å². The summed E-state index contributed by atoms with van der Waals surface area (Å²) in [5.74, 6) is 0. The minimum Gasteiger partial charge on any atom is -0.337 e. The maximum absolute atomic E-state index is 4.54. The van der Waals surface area contributed by atoms with Gasteiger partial charge in [-0.05, 0) is 29.0 Å². The molecule has 1 aliphatic carbocycles. The van der Waals surface area contributed by atoms with Gasteiger partial charge < -0.3 is 4.57 Å². The van der Waals surface area contributed by atoms with Crippen LogP contribution in [0.3, 0.4) is 0 Å². The fourth-order valence-corrected chi connectivity index (χ4v) is 4.10. The fraction of sp³-hybridized carbons (Fsp3) is 0.158. The van der Waals surface area contributed by atoms with E-state index in [1.165, 1.54) is 33.5 Å². The molecule has 3 heterocycles. The number of hydrogen-bond donors (Lipinski definition) is 1. The standard InChI is InChI=1S/C19H16N4S/c1-2-16-15(9-13(1)3-6-23-7-5-20-12-23)10-17-18(21-22-19(16)17)14-4-8-24-11-14/h1-2,4-5,7-9,11-12H,3,6,10H2,(H,21,22). The maximum Gasteiger partial charge on any atom is 0.0970 e. The summed E-state index contributed by atoms with van der Waals surface area (Å²) in [5.41, 5.74) is 8.90. The number of nitrogens with one attached hydrogen (secondary N) is 1. The highest BCUT2D eigenvalue weighted by Crippen LogP contribution is 2.40. The summed E-state index contributed by atoms with van der Waals surface area (Å²) in [4.78, 5) is 4.10. The van der Waals surface area contributed by atoms with Gasteiger partial charge in [0.15, 0.2) is 0 Å². The van der Waals surface area contributed by atoms with Gasteiger partial charge in [0.2, 0.25) is 0 Å². The molecule has 118 valence electrons. The number of rotatable bonds is 4. The number of fused-ring (bicyclic) bond motifs is 3. The molecule has 0 unspecified atom stereocenters. The Balaban J connectivity index is 1.43. The molecule has 0 saturated heterocycles. The van der Waals surface area contributed by atoms with Crippen molar-refractivity contribution in [3.63, 3.8) is 0 Å². The summed E-state index contributed by atoms with van der Waals surface area (Å²) >= 11 is 1.71. The van der Waals surface area contributed by atoms with Gasteiger partial charge in [0.25, 0.3) is 0 Å². The third kappa shape index (κ3) is 2.20. The molecule has 1 N–H and O–H groups in total. The second-order valence-corrected chi connectivity index (χ2v) is 6.94. The molecule has 0 radical (unpaired) electrons. The van der Waals surface area contributed by atoms with Crippen molar-refractivity contribution in [2.45, 2.75) is 19.4 Å². The van der Waals surface area contributed by atoms with E-state index < -0.39 is 0 Å². The molecule has 0 atom stereocenters. The van der Waals surface area contributed by atoms with Crippen molar-refractivity contribution in [2.75, 3.05) is 0 Å². The molecule has 0 bridgehead atoms. The van der Waals surface area contributed by atoms with Crippen molar-refractivity contribution in [3.8, 4) is 22.5 Å². The number of H-pyrrole nitrogens is 1. The lowest BCUT2D eigenvalue weighted by Crippen LogP contribution is -1.99. The van der Waals surface area contributed by atoms with E-state index in [2.05, 4.69) is 54.8 Å². The first-order chi connectivity index (χ1) is 11.9. The Bertz CT molecular complexity index is 981. The zero-order valence-corrected chi connectivity index (χ0v) is 13.9. The van der Waals surface area contributed by atoms with Crippen LogP contribution in [0.5, 0.6) is 0 Å². The monoisotopic (exact) mass is 332 g/mol. The predicted molar refractivity (Wildman–Crippen MR) is 96.1 cm³/mol. The highest BCUT2D eigenvalue weighted by molar-refractivity contribution is 7.08. The van der Waals surface area contributed by atoms with Gasteiger partial charge in [-0.3, -0.25) is 5.10 Å². The lowest BCUT2D eigenvalue weighted by Gasteiger charge is -2.06. The minimum absolute atomic E-state index is 0.964. The number of nitrogens with zero attached hydrogens (tertiary/aromatic N) is 3. The quantitative estimate of drug-likeness (QED) is 0.537. The third-order valence-electron chi connectivity index (χ3n) is 4.69. The van der Waals surface area contributed by atoms with Crippen LogP contribution in [0.15, 0.2) is 53.7 Å². The normalized spacial score (nSPS) is 12.3. The van der Waals surface area contributed by atoms with Crippen LogP contribution in [0.2, 0.25) is 0 Å². The topological polar surface area (TPSA) is 46.5 Å². The Morgan fingerprint density at radius 1 is 1.25 bits per heavy atom. The van der Waals surface area contributed by atoms with Gasteiger partial charge in [-0.25, -0.2) is 4.98 Å². The molecule has 24 heavy (non-hydrogen) atoms. The minimum atomic E-state index is 0.964. The maximum atomic E-state index is 4.54. The molecule has 0 spiro atoms. The summed E-state index contributed by atoms with van der Waals surface area (Å²) in [5, 5.41) is 12.1. The van der Waals surface area contributed by atoms with Gasteiger partial charge in [-0.15, -0.1) is 0 Å². The summed E-state index contributed by atoms with van der Waals surface area (Å²) < 4.78 is 2.12. The van der Waals surface area contributed by atoms with E-state index in [9.17, 15) is 0 Å². The van der Waals surface area contributed by atoms with Gasteiger partial charge in [-0.2, -0.15) is 16.4 Å². The fourth-order valence-electron chi connectivity index (χ4n) is 3.46. The smallest absolute Gasteiger partial charge is 0.0970 e. The van der Waals surface area contributed by atoms with Crippen LogP contribution in [-0.2, 0) is 19.4 Å². The molecular formula is C19H16N4S. The summed E-state index contributed by atoms with van der Waals surface area (Å²) in [6.07, 6.45) is 7.70. The van der Waals surface area contributed by atoms with E-state index in [1.807, 2.05) is 18.7 Å². The molecule has 0 fully saturated rings. The van der Waals surface area contributed by atoms with Crippen LogP contribution < -0.4 is 0 Å². The highest BCUT2D eigenvalue weighted by atomic mass is 32.1. The largest absolute Gasteiger partial charge is 0.337 e. The second-order valence-electron chi connectivity index (χ2n) is 6.16. The first kappa shape index (κ1) is 13.7. The molecule has 0 aliphatic heterocycles. The molecule has 1 aliphatic rings. The Morgan fingerprint density at radius 2 is 2.25 bits per heavy atom. The van der Waals surface area contributed by atoms with Crippen LogP contribution in [0.25, 0.3) is 22.5 Å². The van der Waals surface area contributed by atoms with E-state index in [0.29, 0.717) is 0 Å². The third-order valence-corrected chi connectivity index (χ3v) is 5.37. The second kappa shape index (κ2) is 5.46. The van der Waals surface area contributed by atoms with Crippen molar-refractivity contribution in [1.29, 1.82) is 0 Å². The van der Waals surface area contributed by atoms with E-state index >= 15 is 0 Å². The van der Waals surface area contributed by atoms with Gasteiger partial charge in [0.05, 0.1) is 17.7 Å². The molecule has 4 aromatic rings. The summed E-state index contributed by atoms with van der Waals surface area (Å²) in [6.45, 7) is 0.964. The molecule has 5 heteroatoms. The zero-order valence-electron chi connectivity index (χ0n) is 13.1. The van der Waals surface area contributed by atoms with Crippen LogP contribution in [0, 0.1) is 0 Å². The average molecular weight is 332 g/mol. The van der Waals surface area contributed by atoms with E-state index in [1.54, 1.807) is 11.3 Å². The van der Waals surface area contributed by atoms with Crippen LogP contribution in [-0.4, -0.2) is 19.7 Å². The van der Waals surface area contributed by atoms with Crippen molar-refractivity contribution in [1.82, 2.24) is 19.7 Å². The summed E-state index contributed by atoms with van der Waals surface area (Å²) in [6, 6.07) is 8.95. The molecule has 0 saturated carbocycles. The molecular weight excluding hydrogens is 316 g/mol. The number of aromatic amines is 1. The molecule has 4 nitrogen and oxygen atoms in total. The summed E-state index contributed by atoms with van der Waals surface area (Å²) in [7, 11) is 0. The number of aromatic nitrogens is 4. The van der Waals surface area contributed by atoms with Crippen LogP contribution in [0.1, 0.15) is 16.7 Å². The molecule has 0 amide bonds. The SMILES string of the molecule is c1cn(CCc2ccc3c(c2)Cc2c(-c4ccsc4)n[nH]c2-3)cn1. The van der Waals surface area contributed by atoms with Gasteiger partial charge in [0, 0.05) is 47.4 Å². The predicted octanol–water partition coefficient (Wildman–Crippen LogP) is 4.15. The Hall–Kier alpha value is -2.66. The van der Waals surface area contributed by atoms with Crippen molar-refractivity contribution in [2.24, 2.45) is 0 Å². The Labute approximate surface area is 143 Å². The number of imidazole rings is 1. The Kier molecular flexibility index (Phi) is 3.13. The first-order valence-corrected chi connectivity index (χ1v) is 9.00. The number of aryl methyl sites for hydroxylation is 2. The number of thiophene rings is 1. The van der Waals surface area contributed by atoms with Gasteiger partial charge in [0.1, 0.15) is 0 Å². The highest BCUT2D eigenvalue weighted by Gasteiger charge is 2.25. The lowest BCUT2D eigenvalue weighted by atomic mass is 10.0. The number of hydrogen-bond acceptors (Lipinski definition) is 3. The van der Waals surface area contributed by atoms with Gasteiger partial charge >= 0.3 is 0 Å². The van der Waals surface area contributed by atoms with Crippen LogP contribution in [0.4, 0.5) is 0 Å². The first-order valence-electron chi connectivity index (χ1n) is 8.06. The van der Waals surface area contributed by atoms with E-state index in [0.717, 1.165) is 25.1 Å². The number of benzene rings is 1. The van der Waals surface area contributed by atoms with E-state index in [-0.39, 0.29) is 0 Å². The van der Waals surface area contributed by atoms with Crippen LogP contribution >= 0.6 is 11.3 Å². The molecule has 3 aromatic heterocycles. The van der Waals surface area contributed by atoms with Gasteiger partial charge in [-0.1, -0.05) is 18.2 Å².